The third-order valence-electron chi connectivity index (χ3n) is 3.51. The van der Waals surface area contributed by atoms with E-state index in [0.717, 1.165) is 19.0 Å². The van der Waals surface area contributed by atoms with Crippen molar-refractivity contribution in [3.05, 3.63) is 0 Å². The van der Waals surface area contributed by atoms with Crippen molar-refractivity contribution in [3.63, 3.8) is 0 Å². The van der Waals surface area contributed by atoms with Crippen LogP contribution in [0.15, 0.2) is 0 Å². The highest BCUT2D eigenvalue weighted by Crippen LogP contribution is 2.18. The van der Waals surface area contributed by atoms with E-state index >= 15 is 0 Å². The quantitative estimate of drug-likeness (QED) is 0.720. The fourth-order valence-electron chi connectivity index (χ4n) is 2.17. The number of aliphatic hydroxyl groups is 1. The van der Waals surface area contributed by atoms with Gasteiger partial charge in [0, 0.05) is 31.2 Å². The smallest absolute Gasteiger partial charge is 0.0494 e. The summed E-state index contributed by atoms with van der Waals surface area (Å²) in [6.07, 6.45) is 1.31. The van der Waals surface area contributed by atoms with Crippen LogP contribution in [-0.4, -0.2) is 48.8 Å². The fraction of sp³-hybridized carbons (Fsp3) is 1.00. The van der Waals surface area contributed by atoms with Crippen molar-refractivity contribution in [2.75, 3.05) is 32.8 Å². The van der Waals surface area contributed by atoms with Crippen molar-refractivity contribution in [1.29, 1.82) is 0 Å². The Labute approximate surface area is 100 Å². The van der Waals surface area contributed by atoms with Gasteiger partial charge < -0.3 is 15.3 Å². The predicted octanol–water partition coefficient (Wildman–Crippen LogP) is 1.32. The molecule has 0 aliphatic carbocycles. The molecule has 1 unspecified atom stereocenters. The van der Waals surface area contributed by atoms with Crippen LogP contribution in [-0.2, 0) is 0 Å². The number of nitrogens with one attached hydrogen (secondary N) is 1. The Kier molecular flexibility index (Phi) is 5.22. The zero-order valence-electron chi connectivity index (χ0n) is 11.3. The molecule has 0 amide bonds. The second-order valence-electron chi connectivity index (χ2n) is 6.20. The van der Waals surface area contributed by atoms with E-state index in [9.17, 15) is 0 Å². The first-order chi connectivity index (χ1) is 7.44. The predicted molar refractivity (Wildman–Crippen MR) is 68.6 cm³/mol. The Hall–Kier alpha value is -0.120. The Morgan fingerprint density at radius 1 is 1.44 bits per heavy atom. The first-order valence-corrected chi connectivity index (χ1v) is 6.50. The molecule has 1 fully saturated rings. The summed E-state index contributed by atoms with van der Waals surface area (Å²) >= 11 is 0. The zero-order chi connectivity index (χ0) is 12.2. The van der Waals surface area contributed by atoms with E-state index in [1.54, 1.807) is 0 Å². The van der Waals surface area contributed by atoms with Crippen LogP contribution < -0.4 is 5.32 Å². The monoisotopic (exact) mass is 228 g/mol. The molecule has 1 rings (SSSR count). The molecule has 96 valence electrons. The molecule has 0 aromatic rings. The summed E-state index contributed by atoms with van der Waals surface area (Å²) in [7, 11) is 0. The van der Waals surface area contributed by atoms with Crippen LogP contribution in [0.4, 0.5) is 0 Å². The summed E-state index contributed by atoms with van der Waals surface area (Å²) < 4.78 is 0. The first-order valence-electron chi connectivity index (χ1n) is 6.50. The summed E-state index contributed by atoms with van der Waals surface area (Å²) in [5, 5.41) is 12.6. The van der Waals surface area contributed by atoms with Gasteiger partial charge >= 0.3 is 0 Å². The Bertz CT molecular complexity index is 204. The summed E-state index contributed by atoms with van der Waals surface area (Å²) in [6.45, 7) is 13.4. The van der Waals surface area contributed by atoms with Gasteiger partial charge in [-0.05, 0) is 39.3 Å². The fourth-order valence-corrected chi connectivity index (χ4v) is 2.17. The van der Waals surface area contributed by atoms with Crippen molar-refractivity contribution in [3.8, 4) is 0 Å². The normalized spacial score (nSPS) is 23.2. The third-order valence-corrected chi connectivity index (χ3v) is 3.51. The van der Waals surface area contributed by atoms with Gasteiger partial charge in [-0.3, -0.25) is 0 Å². The molecular weight excluding hydrogens is 200 g/mol. The van der Waals surface area contributed by atoms with Crippen molar-refractivity contribution >= 4 is 0 Å². The highest BCUT2D eigenvalue weighted by Gasteiger charge is 2.24. The molecule has 1 aliphatic rings. The first kappa shape index (κ1) is 13.9. The minimum absolute atomic E-state index is 0.0103. The van der Waals surface area contributed by atoms with Gasteiger partial charge in [0.05, 0.1) is 0 Å². The summed E-state index contributed by atoms with van der Waals surface area (Å²) in [6, 6.07) is 0.680. The maximum Gasteiger partial charge on any atom is 0.0494 e. The van der Waals surface area contributed by atoms with Gasteiger partial charge in [-0.2, -0.15) is 0 Å². The minimum Gasteiger partial charge on any atom is -0.396 e. The van der Waals surface area contributed by atoms with E-state index < -0.39 is 0 Å². The van der Waals surface area contributed by atoms with Crippen LogP contribution in [0.5, 0.6) is 0 Å². The van der Waals surface area contributed by atoms with Crippen LogP contribution >= 0.6 is 0 Å². The Morgan fingerprint density at radius 3 is 2.62 bits per heavy atom. The maximum atomic E-state index is 9.15. The van der Waals surface area contributed by atoms with Crippen molar-refractivity contribution < 1.29 is 5.11 Å². The molecule has 1 heterocycles. The molecule has 3 heteroatoms. The molecular formula is C13H28N2O. The summed E-state index contributed by atoms with van der Waals surface area (Å²) in [5.74, 6) is 0.789. The molecule has 2 N–H and O–H groups in total. The lowest BCUT2D eigenvalue weighted by molar-refractivity contribution is 0.155. The van der Waals surface area contributed by atoms with Gasteiger partial charge in [0.1, 0.15) is 0 Å². The standard InChI is InChI=1S/C13H28N2O/c1-11(2)15-6-5-12(8-15)7-14-9-13(3,4)10-16/h11-12,14,16H,5-10H2,1-4H3. The molecule has 1 atom stereocenters. The van der Waals surface area contributed by atoms with Crippen LogP contribution in [0.25, 0.3) is 0 Å². The average molecular weight is 228 g/mol. The van der Waals surface area contributed by atoms with Gasteiger partial charge in [-0.25, -0.2) is 0 Å². The molecule has 0 aromatic heterocycles. The Balaban J connectivity index is 2.16. The molecule has 0 aromatic carbocycles. The van der Waals surface area contributed by atoms with Crippen LogP contribution in [0, 0.1) is 11.3 Å². The van der Waals surface area contributed by atoms with Gasteiger partial charge in [0.15, 0.2) is 0 Å². The second kappa shape index (κ2) is 5.99. The SMILES string of the molecule is CC(C)N1CCC(CNCC(C)(C)CO)C1. The lowest BCUT2D eigenvalue weighted by Crippen LogP contribution is -2.36. The highest BCUT2D eigenvalue weighted by molar-refractivity contribution is 4.80. The number of rotatable bonds is 6. The molecule has 1 aliphatic heterocycles. The zero-order valence-corrected chi connectivity index (χ0v) is 11.3. The van der Waals surface area contributed by atoms with Crippen molar-refractivity contribution in [2.45, 2.75) is 40.2 Å². The van der Waals surface area contributed by atoms with E-state index in [1.807, 2.05) is 0 Å². The van der Waals surface area contributed by atoms with E-state index in [-0.39, 0.29) is 12.0 Å². The second-order valence-corrected chi connectivity index (χ2v) is 6.20. The van der Waals surface area contributed by atoms with Gasteiger partial charge in [-0.15, -0.1) is 0 Å². The highest BCUT2D eigenvalue weighted by atomic mass is 16.3. The molecule has 16 heavy (non-hydrogen) atoms. The largest absolute Gasteiger partial charge is 0.396 e. The van der Waals surface area contributed by atoms with Gasteiger partial charge in [-0.1, -0.05) is 13.8 Å². The Morgan fingerprint density at radius 2 is 2.12 bits per heavy atom. The molecule has 3 nitrogen and oxygen atoms in total. The maximum absolute atomic E-state index is 9.15. The minimum atomic E-state index is 0.0103. The van der Waals surface area contributed by atoms with Gasteiger partial charge in [0.25, 0.3) is 0 Å². The molecule has 0 radical (unpaired) electrons. The molecule has 0 spiro atoms. The van der Waals surface area contributed by atoms with E-state index in [4.69, 9.17) is 5.11 Å². The van der Waals surface area contributed by atoms with E-state index in [0.29, 0.717) is 6.04 Å². The number of aliphatic hydroxyl groups excluding tert-OH is 1. The van der Waals surface area contributed by atoms with Crippen LogP contribution in [0.3, 0.4) is 0 Å². The third kappa shape index (κ3) is 4.40. The van der Waals surface area contributed by atoms with Crippen molar-refractivity contribution in [1.82, 2.24) is 10.2 Å². The van der Waals surface area contributed by atoms with E-state index in [2.05, 4.69) is 37.9 Å². The lowest BCUT2D eigenvalue weighted by Gasteiger charge is -2.24. The topological polar surface area (TPSA) is 35.5 Å². The number of hydrogen-bond acceptors (Lipinski definition) is 3. The van der Waals surface area contributed by atoms with Crippen LogP contribution in [0.1, 0.15) is 34.1 Å². The van der Waals surface area contributed by atoms with Gasteiger partial charge in [0.2, 0.25) is 0 Å². The van der Waals surface area contributed by atoms with Crippen LogP contribution in [0.2, 0.25) is 0 Å². The molecule has 1 saturated heterocycles. The summed E-state index contributed by atoms with van der Waals surface area (Å²) in [5.41, 5.74) is 0.0103. The van der Waals surface area contributed by atoms with Crippen molar-refractivity contribution in [2.24, 2.45) is 11.3 Å². The molecule has 0 saturated carbocycles. The number of likely N-dealkylation sites (tertiary alicyclic amines) is 1. The summed E-state index contributed by atoms with van der Waals surface area (Å²) in [4.78, 5) is 2.55. The molecule has 0 bridgehead atoms. The number of hydrogen-bond donors (Lipinski definition) is 2. The average Bonchev–Trinajstić information content (AvgIpc) is 2.66. The van der Waals surface area contributed by atoms with E-state index in [1.165, 1.54) is 19.5 Å². The lowest BCUT2D eigenvalue weighted by atomic mass is 9.95. The number of nitrogens with zero attached hydrogens (tertiary/aromatic N) is 1.